The summed E-state index contributed by atoms with van der Waals surface area (Å²) < 4.78 is 5.46. The molecule has 39 heavy (non-hydrogen) atoms. The number of phenolic OH excluding ortho intramolecular Hbond substituents is 1. The van der Waals surface area contributed by atoms with E-state index in [4.69, 9.17) is 4.74 Å². The van der Waals surface area contributed by atoms with Crippen LogP contribution in [0.4, 0.5) is 4.79 Å². The van der Waals surface area contributed by atoms with Gasteiger partial charge in [-0.1, -0.05) is 57.6 Å². The highest BCUT2D eigenvalue weighted by Crippen LogP contribution is 2.28. The summed E-state index contributed by atoms with van der Waals surface area (Å²) in [6.07, 6.45) is 10.6. The average molecular weight is 564 g/mol. The van der Waals surface area contributed by atoms with E-state index in [0.29, 0.717) is 24.3 Å². The first-order chi connectivity index (χ1) is 18.6. The van der Waals surface area contributed by atoms with Gasteiger partial charge in [-0.05, 0) is 76.2 Å². The highest BCUT2D eigenvalue weighted by Gasteiger charge is 2.36. The molecule has 1 aliphatic rings. The minimum absolute atomic E-state index is 0.0344. The van der Waals surface area contributed by atoms with E-state index >= 15 is 0 Å². The Morgan fingerprint density at radius 2 is 1.85 bits per heavy atom. The molecule has 0 aromatic heterocycles. The van der Waals surface area contributed by atoms with E-state index in [2.05, 4.69) is 17.6 Å². The summed E-state index contributed by atoms with van der Waals surface area (Å²) in [4.78, 5) is 42.4. The van der Waals surface area contributed by atoms with Gasteiger partial charge in [0.15, 0.2) is 0 Å². The van der Waals surface area contributed by atoms with Crippen molar-refractivity contribution in [1.29, 1.82) is 0 Å². The molecule has 1 fully saturated rings. The van der Waals surface area contributed by atoms with Crippen LogP contribution in [0.2, 0.25) is 0 Å². The number of ether oxygens (including phenoxy) is 1. The first-order valence-electron chi connectivity index (χ1n) is 14.4. The van der Waals surface area contributed by atoms with Gasteiger partial charge >= 0.3 is 6.09 Å². The number of aromatic hydroxyl groups is 1. The molecule has 0 radical (unpaired) electrons. The van der Waals surface area contributed by atoms with Crippen molar-refractivity contribution < 1.29 is 24.2 Å². The molecular weight excluding hydrogens is 514 g/mol. The first-order valence-corrected chi connectivity index (χ1v) is 15.8. The summed E-state index contributed by atoms with van der Waals surface area (Å²) >= 11 is 1.58. The number of nitrogens with one attached hydrogen (secondary N) is 2. The van der Waals surface area contributed by atoms with Crippen LogP contribution in [0.15, 0.2) is 24.3 Å². The predicted octanol–water partition coefficient (Wildman–Crippen LogP) is 5.94. The standard InChI is InChI=1S/C30H49N3O5S/c1-6-7-8-12-19-33(28(36)25(18-20-39-5)32-29(37)38-30(2,3)4)26(22-14-13-17-24(34)21-22)27(35)31-23-15-10-9-11-16-23/h13-14,17,21,23,25-26,34H,6-12,15-16,18-20H2,1-5H3,(H,31,35)(H,32,37). The summed E-state index contributed by atoms with van der Waals surface area (Å²) in [5.41, 5.74) is -0.158. The Labute approximate surface area is 239 Å². The maximum absolute atomic E-state index is 14.2. The second kappa shape index (κ2) is 16.6. The molecule has 220 valence electrons. The Morgan fingerprint density at radius 3 is 2.46 bits per heavy atom. The molecule has 1 aromatic rings. The van der Waals surface area contributed by atoms with E-state index in [0.717, 1.165) is 57.8 Å². The Morgan fingerprint density at radius 1 is 1.13 bits per heavy atom. The van der Waals surface area contributed by atoms with Gasteiger partial charge in [-0.2, -0.15) is 11.8 Å². The largest absolute Gasteiger partial charge is 0.508 e. The minimum atomic E-state index is -0.926. The van der Waals surface area contributed by atoms with Gasteiger partial charge in [-0.15, -0.1) is 0 Å². The quantitative estimate of drug-likeness (QED) is 0.242. The van der Waals surface area contributed by atoms with Crippen molar-refractivity contribution in [2.24, 2.45) is 0 Å². The molecule has 2 unspecified atom stereocenters. The predicted molar refractivity (Wildman–Crippen MR) is 158 cm³/mol. The zero-order chi connectivity index (χ0) is 28.8. The van der Waals surface area contributed by atoms with Crippen LogP contribution in [0.25, 0.3) is 0 Å². The lowest BCUT2D eigenvalue weighted by molar-refractivity contribution is -0.143. The highest BCUT2D eigenvalue weighted by atomic mass is 32.2. The van der Waals surface area contributed by atoms with Gasteiger partial charge in [0, 0.05) is 12.6 Å². The van der Waals surface area contributed by atoms with Gasteiger partial charge in [0.05, 0.1) is 0 Å². The molecule has 1 aliphatic carbocycles. The molecule has 9 heteroatoms. The number of alkyl carbamates (subject to hydrolysis) is 1. The van der Waals surface area contributed by atoms with Crippen molar-refractivity contribution in [3.05, 3.63) is 29.8 Å². The van der Waals surface area contributed by atoms with E-state index in [-0.39, 0.29) is 23.6 Å². The summed E-state index contributed by atoms with van der Waals surface area (Å²) in [6.45, 7) is 7.82. The molecule has 2 atom stereocenters. The van der Waals surface area contributed by atoms with Crippen molar-refractivity contribution in [2.45, 2.75) is 116 Å². The fourth-order valence-electron chi connectivity index (χ4n) is 4.91. The molecule has 0 bridgehead atoms. The van der Waals surface area contributed by atoms with Gasteiger partial charge in [0.25, 0.3) is 0 Å². The molecule has 0 spiro atoms. The summed E-state index contributed by atoms with van der Waals surface area (Å²) in [6, 6.07) is 4.86. The number of benzene rings is 1. The number of carbonyl (C=O) groups excluding carboxylic acids is 3. The van der Waals surface area contributed by atoms with Crippen LogP contribution in [0.5, 0.6) is 5.75 Å². The van der Waals surface area contributed by atoms with Crippen molar-refractivity contribution in [1.82, 2.24) is 15.5 Å². The smallest absolute Gasteiger partial charge is 0.408 e. The molecular formula is C30H49N3O5S. The minimum Gasteiger partial charge on any atom is -0.508 e. The number of carbonyl (C=O) groups is 3. The molecule has 0 saturated heterocycles. The number of rotatable bonds is 14. The van der Waals surface area contributed by atoms with Crippen LogP contribution in [0.3, 0.4) is 0 Å². The molecule has 3 N–H and O–H groups in total. The number of hydrogen-bond donors (Lipinski definition) is 3. The lowest BCUT2D eigenvalue weighted by Crippen LogP contribution is -2.54. The SMILES string of the molecule is CCCCCCN(C(=O)C(CCSC)NC(=O)OC(C)(C)C)C(C(=O)NC1CCCCC1)c1cccc(O)c1. The van der Waals surface area contributed by atoms with Crippen molar-refractivity contribution in [3.8, 4) is 5.75 Å². The Balaban J connectivity index is 2.44. The number of amides is 3. The fourth-order valence-corrected chi connectivity index (χ4v) is 5.38. The zero-order valence-electron chi connectivity index (χ0n) is 24.5. The average Bonchev–Trinajstić information content (AvgIpc) is 2.87. The maximum atomic E-state index is 14.2. The molecule has 1 saturated carbocycles. The molecule has 2 rings (SSSR count). The lowest BCUT2D eigenvalue weighted by atomic mass is 9.94. The third-order valence-corrected chi connectivity index (χ3v) is 7.48. The summed E-state index contributed by atoms with van der Waals surface area (Å²) in [7, 11) is 0. The van der Waals surface area contributed by atoms with Crippen LogP contribution in [-0.4, -0.2) is 64.2 Å². The van der Waals surface area contributed by atoms with E-state index in [1.54, 1.807) is 61.7 Å². The fraction of sp³-hybridized carbons (Fsp3) is 0.700. The summed E-state index contributed by atoms with van der Waals surface area (Å²) in [5.74, 6) is 0.115. The number of thioether (sulfide) groups is 1. The summed E-state index contributed by atoms with van der Waals surface area (Å²) in [5, 5.41) is 16.3. The van der Waals surface area contributed by atoms with E-state index in [1.807, 2.05) is 6.26 Å². The van der Waals surface area contributed by atoms with Crippen LogP contribution in [-0.2, 0) is 14.3 Å². The van der Waals surface area contributed by atoms with Crippen LogP contribution >= 0.6 is 11.8 Å². The lowest BCUT2D eigenvalue weighted by Gasteiger charge is -2.36. The van der Waals surface area contributed by atoms with Gasteiger partial charge in [0.1, 0.15) is 23.4 Å². The normalized spacial score (nSPS) is 15.7. The number of unbranched alkanes of at least 4 members (excludes halogenated alkanes) is 3. The van der Waals surface area contributed by atoms with E-state index < -0.39 is 23.8 Å². The van der Waals surface area contributed by atoms with Crippen molar-refractivity contribution in [2.75, 3.05) is 18.6 Å². The second-order valence-corrected chi connectivity index (χ2v) is 12.4. The Bertz CT molecular complexity index is 914. The van der Waals surface area contributed by atoms with Crippen LogP contribution in [0.1, 0.15) is 104 Å². The molecule has 1 aromatic carbocycles. The molecule has 0 heterocycles. The number of nitrogens with zero attached hydrogens (tertiary/aromatic N) is 1. The third-order valence-electron chi connectivity index (χ3n) is 6.83. The Kier molecular flexibility index (Phi) is 14.0. The number of hydrogen-bond acceptors (Lipinski definition) is 6. The van der Waals surface area contributed by atoms with Gasteiger partial charge in [-0.25, -0.2) is 4.79 Å². The zero-order valence-corrected chi connectivity index (χ0v) is 25.3. The van der Waals surface area contributed by atoms with Crippen LogP contribution in [0, 0.1) is 0 Å². The first kappa shape index (κ1) is 32.8. The highest BCUT2D eigenvalue weighted by molar-refractivity contribution is 7.98. The Hall–Kier alpha value is -2.42. The van der Waals surface area contributed by atoms with Gasteiger partial charge < -0.3 is 25.4 Å². The maximum Gasteiger partial charge on any atom is 0.408 e. The van der Waals surface area contributed by atoms with E-state index in [1.165, 1.54) is 0 Å². The van der Waals surface area contributed by atoms with Gasteiger partial charge in [-0.3, -0.25) is 9.59 Å². The topological polar surface area (TPSA) is 108 Å². The monoisotopic (exact) mass is 563 g/mol. The second-order valence-electron chi connectivity index (χ2n) is 11.4. The molecule has 3 amide bonds. The number of phenols is 1. The van der Waals surface area contributed by atoms with E-state index in [9.17, 15) is 19.5 Å². The van der Waals surface area contributed by atoms with Crippen LogP contribution < -0.4 is 10.6 Å². The van der Waals surface area contributed by atoms with Crippen molar-refractivity contribution in [3.63, 3.8) is 0 Å². The molecule has 8 nitrogen and oxygen atoms in total. The molecule has 0 aliphatic heterocycles. The van der Waals surface area contributed by atoms with Crippen molar-refractivity contribution >= 4 is 29.7 Å². The van der Waals surface area contributed by atoms with Gasteiger partial charge in [0.2, 0.25) is 11.8 Å². The third kappa shape index (κ3) is 11.7.